The molecule has 0 bridgehead atoms. The molecule has 5 nitrogen and oxygen atoms in total. The minimum atomic E-state index is -1.35. The van der Waals surface area contributed by atoms with Crippen LogP contribution in [0.15, 0.2) is 42.5 Å². The Bertz CT molecular complexity index is 1110. The maximum absolute atomic E-state index is 14.9. The van der Waals surface area contributed by atoms with Crippen LogP contribution >= 0.6 is 0 Å². The van der Waals surface area contributed by atoms with Gasteiger partial charge in [0.2, 0.25) is 0 Å². The molecule has 0 amide bonds. The highest BCUT2D eigenvalue weighted by Gasteiger charge is 2.48. The molecule has 1 aliphatic carbocycles. The van der Waals surface area contributed by atoms with Crippen LogP contribution in [0.25, 0.3) is 10.9 Å². The average Bonchev–Trinajstić information content (AvgIpc) is 3.60. The van der Waals surface area contributed by atoms with Gasteiger partial charge in [-0.2, -0.15) is 0 Å². The molecule has 0 spiro atoms. The largest absolute Gasteiger partial charge is 0.496 e. The Morgan fingerprint density at radius 2 is 1.84 bits per heavy atom. The molecule has 2 fully saturated rings. The normalized spacial score (nSPS) is 18.2. The van der Waals surface area contributed by atoms with Gasteiger partial charge in [0.15, 0.2) is 11.5 Å². The first-order valence-corrected chi connectivity index (χ1v) is 11.5. The van der Waals surface area contributed by atoms with Gasteiger partial charge in [-0.05, 0) is 67.3 Å². The summed E-state index contributed by atoms with van der Waals surface area (Å²) in [6.07, 6.45) is 3.87. The fourth-order valence-electron chi connectivity index (χ4n) is 4.72. The Balaban J connectivity index is 1.46. The molecule has 3 aromatic rings. The van der Waals surface area contributed by atoms with E-state index in [-0.39, 0.29) is 0 Å². The minimum absolute atomic E-state index is 0.344. The summed E-state index contributed by atoms with van der Waals surface area (Å²) in [5, 5.41) is 1.00. The number of nitrogens with zero attached hydrogens (tertiary/aromatic N) is 3. The molecule has 0 N–H and O–H groups in total. The van der Waals surface area contributed by atoms with Crippen molar-refractivity contribution in [2.45, 2.75) is 43.7 Å². The van der Waals surface area contributed by atoms with Gasteiger partial charge in [0.25, 0.3) is 0 Å². The van der Waals surface area contributed by atoms with Crippen LogP contribution in [0.4, 0.5) is 10.2 Å². The summed E-state index contributed by atoms with van der Waals surface area (Å²) in [6, 6.07) is 14.5. The number of aromatic nitrogens is 2. The molecule has 32 heavy (non-hydrogen) atoms. The smallest absolute Gasteiger partial charge is 0.170 e. The molecule has 2 heterocycles. The molecule has 1 saturated heterocycles. The SMILES string of the molecule is COCCc1ccc2nc(C3(F)CC3)nc(N3CCC(c4ccccc4OC)CC3)c2c1. The predicted octanol–water partition coefficient (Wildman–Crippen LogP) is 5.17. The zero-order chi connectivity index (χ0) is 22.1. The van der Waals surface area contributed by atoms with Gasteiger partial charge < -0.3 is 14.4 Å². The summed E-state index contributed by atoms with van der Waals surface area (Å²) in [5.41, 5.74) is 1.92. The summed E-state index contributed by atoms with van der Waals surface area (Å²) >= 11 is 0. The number of hydrogen-bond donors (Lipinski definition) is 0. The van der Waals surface area contributed by atoms with E-state index in [4.69, 9.17) is 14.5 Å². The third-order valence-electron chi connectivity index (χ3n) is 6.80. The van der Waals surface area contributed by atoms with Crippen molar-refractivity contribution in [3.05, 3.63) is 59.4 Å². The van der Waals surface area contributed by atoms with Crippen molar-refractivity contribution >= 4 is 16.7 Å². The summed E-state index contributed by atoms with van der Waals surface area (Å²) < 4.78 is 25.8. The van der Waals surface area contributed by atoms with E-state index >= 15 is 0 Å². The third kappa shape index (κ3) is 4.04. The first-order valence-electron chi connectivity index (χ1n) is 11.5. The number of methoxy groups -OCH3 is 2. The van der Waals surface area contributed by atoms with E-state index in [1.165, 1.54) is 11.1 Å². The number of alkyl halides is 1. The molecule has 2 aliphatic rings. The van der Waals surface area contributed by atoms with Crippen molar-refractivity contribution in [2.24, 2.45) is 0 Å². The van der Waals surface area contributed by atoms with Crippen LogP contribution < -0.4 is 9.64 Å². The summed E-state index contributed by atoms with van der Waals surface area (Å²) in [6.45, 7) is 2.41. The summed E-state index contributed by atoms with van der Waals surface area (Å²) in [5.74, 6) is 2.61. The molecule has 168 valence electrons. The van der Waals surface area contributed by atoms with Crippen LogP contribution in [0.2, 0.25) is 0 Å². The molecular weight excluding hydrogens is 405 g/mol. The van der Waals surface area contributed by atoms with E-state index in [9.17, 15) is 4.39 Å². The topological polar surface area (TPSA) is 47.5 Å². The zero-order valence-corrected chi connectivity index (χ0v) is 18.8. The Hall–Kier alpha value is -2.73. The summed E-state index contributed by atoms with van der Waals surface area (Å²) in [4.78, 5) is 11.7. The van der Waals surface area contributed by atoms with Crippen molar-refractivity contribution < 1.29 is 13.9 Å². The third-order valence-corrected chi connectivity index (χ3v) is 6.80. The van der Waals surface area contributed by atoms with Crippen LogP contribution in [-0.4, -0.2) is 43.9 Å². The molecule has 0 atom stereocenters. The fourth-order valence-corrected chi connectivity index (χ4v) is 4.72. The van der Waals surface area contributed by atoms with E-state index in [1.807, 2.05) is 18.2 Å². The molecule has 6 heteroatoms. The van der Waals surface area contributed by atoms with Crippen LogP contribution in [0.3, 0.4) is 0 Å². The quantitative estimate of drug-likeness (QED) is 0.512. The molecular formula is C26H30FN3O2. The summed E-state index contributed by atoms with van der Waals surface area (Å²) in [7, 11) is 3.44. The van der Waals surface area contributed by atoms with E-state index in [0.29, 0.717) is 31.2 Å². The maximum Gasteiger partial charge on any atom is 0.170 e. The molecule has 1 saturated carbocycles. The Morgan fingerprint density at radius 1 is 1.06 bits per heavy atom. The van der Waals surface area contributed by atoms with Crippen LogP contribution in [0.1, 0.15) is 48.6 Å². The lowest BCUT2D eigenvalue weighted by atomic mass is 9.88. The van der Waals surface area contributed by atoms with E-state index in [0.717, 1.165) is 54.8 Å². The highest BCUT2D eigenvalue weighted by Crippen LogP contribution is 2.49. The lowest BCUT2D eigenvalue weighted by Gasteiger charge is -2.34. The van der Waals surface area contributed by atoms with Crippen LogP contribution in [-0.2, 0) is 16.8 Å². The number of para-hydroxylation sites is 1. The highest BCUT2D eigenvalue weighted by molar-refractivity contribution is 5.90. The van der Waals surface area contributed by atoms with Gasteiger partial charge in [-0.1, -0.05) is 24.3 Å². The molecule has 5 rings (SSSR count). The van der Waals surface area contributed by atoms with E-state index in [1.54, 1.807) is 14.2 Å². The van der Waals surface area contributed by atoms with Crippen molar-refractivity contribution in [1.82, 2.24) is 9.97 Å². The lowest BCUT2D eigenvalue weighted by molar-refractivity contribution is 0.202. The first kappa shape index (κ1) is 21.1. The fraction of sp³-hybridized carbons (Fsp3) is 0.462. The van der Waals surface area contributed by atoms with Gasteiger partial charge in [0.05, 0.1) is 19.2 Å². The minimum Gasteiger partial charge on any atom is -0.496 e. The standard InChI is InChI=1S/C26H30FN3O2/c1-31-16-11-18-7-8-22-21(17-18)24(29-25(28-22)26(27)12-13-26)30-14-9-19(10-15-30)20-5-3-4-6-23(20)32-2/h3-8,17,19H,9-16H2,1-2H3. The highest BCUT2D eigenvalue weighted by atomic mass is 19.1. The van der Waals surface area contributed by atoms with E-state index in [2.05, 4.69) is 34.1 Å². The second kappa shape index (κ2) is 8.66. The number of benzene rings is 2. The van der Waals surface area contributed by atoms with Crippen molar-refractivity contribution in [1.29, 1.82) is 0 Å². The number of anilines is 1. The Kier molecular flexibility index (Phi) is 5.72. The van der Waals surface area contributed by atoms with E-state index < -0.39 is 5.67 Å². The van der Waals surface area contributed by atoms with Crippen LogP contribution in [0, 0.1) is 0 Å². The molecule has 0 radical (unpaired) electrons. The van der Waals surface area contributed by atoms with Gasteiger partial charge in [0.1, 0.15) is 11.6 Å². The Morgan fingerprint density at radius 3 is 2.56 bits per heavy atom. The van der Waals surface area contributed by atoms with Crippen molar-refractivity contribution in [2.75, 3.05) is 38.8 Å². The van der Waals surface area contributed by atoms with Gasteiger partial charge in [-0.15, -0.1) is 0 Å². The average molecular weight is 436 g/mol. The number of fused-ring (bicyclic) bond motifs is 1. The lowest BCUT2D eigenvalue weighted by Crippen LogP contribution is -2.34. The zero-order valence-electron chi connectivity index (χ0n) is 18.8. The molecule has 1 aromatic heterocycles. The Labute approximate surface area is 188 Å². The molecule has 1 aliphatic heterocycles. The van der Waals surface area contributed by atoms with Gasteiger partial charge >= 0.3 is 0 Å². The number of ether oxygens (including phenoxy) is 2. The predicted molar refractivity (Wildman–Crippen MR) is 124 cm³/mol. The monoisotopic (exact) mass is 435 g/mol. The van der Waals surface area contributed by atoms with Gasteiger partial charge in [0, 0.05) is 25.6 Å². The molecule has 0 unspecified atom stereocenters. The second-order valence-electron chi connectivity index (χ2n) is 8.93. The molecule has 2 aromatic carbocycles. The van der Waals surface area contributed by atoms with Crippen LogP contribution in [0.5, 0.6) is 5.75 Å². The van der Waals surface area contributed by atoms with Gasteiger partial charge in [-0.25, -0.2) is 14.4 Å². The number of halogens is 1. The van der Waals surface area contributed by atoms with Crippen molar-refractivity contribution in [3.8, 4) is 5.75 Å². The van der Waals surface area contributed by atoms with Gasteiger partial charge in [-0.3, -0.25) is 0 Å². The second-order valence-corrected chi connectivity index (χ2v) is 8.93. The maximum atomic E-state index is 14.9. The first-order chi connectivity index (χ1) is 15.6. The number of hydrogen-bond acceptors (Lipinski definition) is 5. The van der Waals surface area contributed by atoms with Crippen molar-refractivity contribution in [3.63, 3.8) is 0 Å². The number of piperidine rings is 1. The number of rotatable bonds is 7.